The van der Waals surface area contributed by atoms with E-state index >= 15 is 0 Å². The van der Waals surface area contributed by atoms with Crippen molar-refractivity contribution in [2.24, 2.45) is 5.73 Å². The Morgan fingerprint density at radius 2 is 1.44 bits per heavy atom. The van der Waals surface area contributed by atoms with Crippen molar-refractivity contribution in [1.82, 2.24) is 0 Å². The molecule has 0 unspecified atom stereocenters. The molecule has 0 aromatic rings. The van der Waals surface area contributed by atoms with E-state index in [0.717, 1.165) is 0 Å². The molecule has 0 aliphatic heterocycles. The van der Waals surface area contributed by atoms with E-state index in [1.165, 1.54) is 32.1 Å². The van der Waals surface area contributed by atoms with E-state index < -0.39 is 0 Å². The van der Waals surface area contributed by atoms with Crippen LogP contribution in [0.1, 0.15) is 32.1 Å². The molecule has 0 amide bonds. The van der Waals surface area contributed by atoms with Gasteiger partial charge in [-0.25, -0.2) is 0 Å². The second-order valence-electron chi connectivity index (χ2n) is 2.40. The number of hydrogen-bond donors (Lipinski definition) is 1. The average molecular weight is 154 g/mol. The predicted octanol–water partition coefficient (Wildman–Crippen LogP) is 0.875. The first-order chi connectivity index (χ1) is 3.39. The molecule has 4 N–H and O–H groups in total. The number of nitrogens with two attached hydrogens (primary N) is 1. The van der Waals surface area contributed by atoms with Gasteiger partial charge in [-0.2, -0.15) is 0 Å². The predicted molar refractivity (Wildman–Crippen MR) is 41.9 cm³/mol. The molecule has 0 radical (unpaired) electrons. The zero-order chi connectivity index (χ0) is 5.11. The van der Waals surface area contributed by atoms with E-state index in [1.807, 2.05) is 0 Å². The van der Waals surface area contributed by atoms with Gasteiger partial charge in [-0.1, -0.05) is 19.3 Å². The highest BCUT2D eigenvalue weighted by Crippen LogP contribution is 2.14. The fourth-order valence-corrected chi connectivity index (χ4v) is 1.13. The van der Waals surface area contributed by atoms with Crippen LogP contribution >= 0.6 is 12.4 Å². The molecule has 0 heterocycles. The van der Waals surface area contributed by atoms with Gasteiger partial charge in [-0.3, -0.25) is 0 Å². The summed E-state index contributed by atoms with van der Waals surface area (Å²) in [7, 11) is 0. The molecule has 1 saturated carbocycles. The molecule has 58 valence electrons. The smallest absolute Gasteiger partial charge is 0.00388 e. The van der Waals surface area contributed by atoms with E-state index in [4.69, 9.17) is 5.73 Å². The maximum absolute atomic E-state index is 5.63. The second kappa shape index (κ2) is 6.33. The summed E-state index contributed by atoms with van der Waals surface area (Å²) in [5.74, 6) is 0. The first kappa shape index (κ1) is 11.9. The monoisotopic (exact) mass is 153 g/mol. The van der Waals surface area contributed by atoms with Crippen LogP contribution in [-0.2, 0) is 0 Å². The fraction of sp³-hybridized carbons (Fsp3) is 1.00. The van der Waals surface area contributed by atoms with Crippen LogP contribution in [0, 0.1) is 0 Å². The van der Waals surface area contributed by atoms with Gasteiger partial charge in [0.15, 0.2) is 0 Å². The highest BCUT2D eigenvalue weighted by molar-refractivity contribution is 5.85. The normalized spacial score (nSPS) is 19.7. The average Bonchev–Trinajstić information content (AvgIpc) is 1.69. The van der Waals surface area contributed by atoms with Gasteiger partial charge >= 0.3 is 0 Å². The number of halogens is 1. The van der Waals surface area contributed by atoms with Crippen molar-refractivity contribution in [2.75, 3.05) is 0 Å². The summed E-state index contributed by atoms with van der Waals surface area (Å²) in [6.07, 6.45) is 6.66. The quantitative estimate of drug-likeness (QED) is 0.552. The Labute approximate surface area is 62.5 Å². The lowest BCUT2D eigenvalue weighted by Crippen LogP contribution is -2.22. The third-order valence-corrected chi connectivity index (χ3v) is 1.65. The van der Waals surface area contributed by atoms with Crippen molar-refractivity contribution < 1.29 is 5.48 Å². The van der Waals surface area contributed by atoms with Crippen molar-refractivity contribution >= 4 is 12.4 Å². The van der Waals surface area contributed by atoms with Gasteiger partial charge < -0.3 is 11.2 Å². The molecule has 1 aliphatic carbocycles. The molecular formula is C6H16ClNO. The van der Waals surface area contributed by atoms with Gasteiger partial charge in [0, 0.05) is 6.04 Å². The Morgan fingerprint density at radius 3 is 1.67 bits per heavy atom. The molecule has 3 heteroatoms. The second-order valence-corrected chi connectivity index (χ2v) is 2.40. The Bertz CT molecular complexity index is 55.0. The van der Waals surface area contributed by atoms with Crippen LogP contribution in [0.3, 0.4) is 0 Å². The maximum Gasteiger partial charge on any atom is 0.00388 e. The molecule has 0 aromatic carbocycles. The summed E-state index contributed by atoms with van der Waals surface area (Å²) in [6, 6.07) is 0.536. The summed E-state index contributed by atoms with van der Waals surface area (Å²) < 4.78 is 0. The lowest BCUT2D eigenvalue weighted by Gasteiger charge is -2.15. The standard InChI is InChI=1S/C6H13N.ClH.H2O/c7-6-4-2-1-3-5-6;;/h6H,1-5,7H2;1H;1H2. The first-order valence-corrected chi connectivity index (χ1v) is 3.15. The number of hydrogen-bond acceptors (Lipinski definition) is 1. The van der Waals surface area contributed by atoms with Crippen LogP contribution in [0.15, 0.2) is 0 Å². The Hall–Kier alpha value is 0.210. The van der Waals surface area contributed by atoms with E-state index in [2.05, 4.69) is 0 Å². The van der Waals surface area contributed by atoms with Gasteiger partial charge in [0.1, 0.15) is 0 Å². The van der Waals surface area contributed by atoms with Crippen LogP contribution in [0.25, 0.3) is 0 Å². The molecule has 1 aliphatic rings. The Balaban J connectivity index is 0. The minimum absolute atomic E-state index is 0. The van der Waals surface area contributed by atoms with E-state index in [9.17, 15) is 0 Å². The molecule has 1 fully saturated rings. The topological polar surface area (TPSA) is 57.5 Å². The summed E-state index contributed by atoms with van der Waals surface area (Å²) in [6.45, 7) is 0. The summed E-state index contributed by atoms with van der Waals surface area (Å²) >= 11 is 0. The molecule has 2 nitrogen and oxygen atoms in total. The van der Waals surface area contributed by atoms with Gasteiger partial charge in [-0.05, 0) is 12.8 Å². The van der Waals surface area contributed by atoms with E-state index in [0.29, 0.717) is 6.04 Å². The highest BCUT2D eigenvalue weighted by Gasteiger charge is 2.06. The van der Waals surface area contributed by atoms with Crippen LogP contribution < -0.4 is 5.73 Å². The van der Waals surface area contributed by atoms with Gasteiger partial charge in [0.25, 0.3) is 0 Å². The molecular weight excluding hydrogens is 138 g/mol. The Kier molecular flexibility index (Phi) is 8.40. The zero-order valence-electron chi connectivity index (χ0n) is 5.60. The minimum Gasteiger partial charge on any atom is -0.412 e. The molecule has 0 bridgehead atoms. The van der Waals surface area contributed by atoms with Crippen molar-refractivity contribution in [3.63, 3.8) is 0 Å². The van der Waals surface area contributed by atoms with Gasteiger partial charge in [0.2, 0.25) is 0 Å². The summed E-state index contributed by atoms with van der Waals surface area (Å²) in [4.78, 5) is 0. The molecule has 0 saturated heterocycles. The molecule has 1 rings (SSSR count). The number of rotatable bonds is 0. The van der Waals surface area contributed by atoms with Crippen LogP contribution in [0.4, 0.5) is 0 Å². The van der Waals surface area contributed by atoms with E-state index in [-0.39, 0.29) is 17.9 Å². The molecule has 0 spiro atoms. The summed E-state index contributed by atoms with van der Waals surface area (Å²) in [5.41, 5.74) is 5.63. The molecule has 9 heavy (non-hydrogen) atoms. The van der Waals surface area contributed by atoms with Gasteiger partial charge in [-0.15, -0.1) is 12.4 Å². The molecule has 0 atom stereocenters. The van der Waals surface area contributed by atoms with E-state index in [1.54, 1.807) is 0 Å². The first-order valence-electron chi connectivity index (χ1n) is 3.15. The lowest BCUT2D eigenvalue weighted by atomic mass is 9.97. The SMILES string of the molecule is Cl.NC1CCCCC1.O. The van der Waals surface area contributed by atoms with Crippen molar-refractivity contribution in [3.05, 3.63) is 0 Å². The maximum atomic E-state index is 5.63. The van der Waals surface area contributed by atoms with Gasteiger partial charge in [0.05, 0.1) is 0 Å². The van der Waals surface area contributed by atoms with Crippen molar-refractivity contribution in [1.29, 1.82) is 0 Å². The third kappa shape index (κ3) is 4.70. The largest absolute Gasteiger partial charge is 0.412 e. The summed E-state index contributed by atoms with van der Waals surface area (Å²) in [5, 5.41) is 0. The zero-order valence-corrected chi connectivity index (χ0v) is 6.41. The van der Waals surface area contributed by atoms with Crippen molar-refractivity contribution in [2.45, 2.75) is 38.1 Å². The van der Waals surface area contributed by atoms with Crippen LogP contribution in [0.5, 0.6) is 0 Å². The fourth-order valence-electron chi connectivity index (χ4n) is 1.13. The highest BCUT2D eigenvalue weighted by atomic mass is 35.5. The van der Waals surface area contributed by atoms with Crippen LogP contribution in [-0.4, -0.2) is 11.5 Å². The minimum atomic E-state index is 0. The Morgan fingerprint density at radius 1 is 1.00 bits per heavy atom. The third-order valence-electron chi connectivity index (χ3n) is 1.65. The lowest BCUT2D eigenvalue weighted by molar-refractivity contribution is 0.441. The van der Waals surface area contributed by atoms with Crippen LogP contribution in [0.2, 0.25) is 0 Å². The molecule has 0 aromatic heterocycles. The van der Waals surface area contributed by atoms with Crippen molar-refractivity contribution in [3.8, 4) is 0 Å².